The van der Waals surface area contributed by atoms with Gasteiger partial charge in [-0.2, -0.15) is 5.10 Å². The first-order chi connectivity index (χ1) is 12.2. The van der Waals surface area contributed by atoms with Crippen molar-refractivity contribution in [3.8, 4) is 0 Å². The molecule has 10 heteroatoms. The summed E-state index contributed by atoms with van der Waals surface area (Å²) < 4.78 is 59.1. The zero-order valence-corrected chi connectivity index (χ0v) is 15.9. The predicted molar refractivity (Wildman–Crippen MR) is 93.9 cm³/mol. The summed E-state index contributed by atoms with van der Waals surface area (Å²) in [7, 11) is -1.71. The molecule has 2 atom stereocenters. The molecular weight excluding hydrogens is 366 g/mol. The van der Waals surface area contributed by atoms with Gasteiger partial charge in [0.15, 0.2) is 0 Å². The number of halogens is 2. The Morgan fingerprint density at radius 3 is 2.65 bits per heavy atom. The number of rotatable bonds is 6. The highest BCUT2D eigenvalue weighted by Gasteiger charge is 2.42. The Morgan fingerprint density at radius 2 is 2.04 bits per heavy atom. The van der Waals surface area contributed by atoms with Crippen LogP contribution in [-0.2, 0) is 14.8 Å². The van der Waals surface area contributed by atoms with Crippen LogP contribution in [0.3, 0.4) is 0 Å². The summed E-state index contributed by atoms with van der Waals surface area (Å²) in [5.41, 5.74) is 0.423. The molecule has 1 aromatic heterocycles. The molecule has 0 bridgehead atoms. The molecule has 1 aliphatic carbocycles. The Morgan fingerprint density at radius 1 is 1.35 bits per heavy atom. The molecule has 0 aromatic carbocycles. The zero-order chi connectivity index (χ0) is 18.9. The summed E-state index contributed by atoms with van der Waals surface area (Å²) in [6.45, 7) is 1.24. The maximum Gasteiger partial charge on any atom is 0.248 e. The number of alkyl halides is 2. The van der Waals surface area contributed by atoms with Crippen molar-refractivity contribution in [1.82, 2.24) is 14.7 Å². The molecule has 0 amide bonds. The topological polar surface area (TPSA) is 76.5 Å². The van der Waals surface area contributed by atoms with E-state index in [1.807, 2.05) is 0 Å². The highest BCUT2D eigenvalue weighted by molar-refractivity contribution is 7.92. The van der Waals surface area contributed by atoms with E-state index < -0.39 is 15.9 Å². The molecule has 2 aliphatic rings. The van der Waals surface area contributed by atoms with Crippen LogP contribution in [-0.4, -0.2) is 67.6 Å². The van der Waals surface area contributed by atoms with Gasteiger partial charge in [0, 0.05) is 44.8 Å². The van der Waals surface area contributed by atoms with Crippen molar-refractivity contribution in [1.29, 1.82) is 0 Å². The largest absolute Gasteiger partial charge is 0.383 e. The number of nitrogens with zero attached hydrogens (tertiary/aromatic N) is 3. The Kier molecular flexibility index (Phi) is 5.55. The molecule has 148 valence electrons. The summed E-state index contributed by atoms with van der Waals surface area (Å²) in [5, 5.41) is 4.28. The summed E-state index contributed by atoms with van der Waals surface area (Å²) in [6, 6.07) is 0.342. The normalized spacial score (nSPS) is 27.7. The van der Waals surface area contributed by atoms with Crippen molar-refractivity contribution < 1.29 is 21.9 Å². The molecule has 2 fully saturated rings. The van der Waals surface area contributed by atoms with Crippen LogP contribution in [0, 0.1) is 0 Å². The highest BCUT2D eigenvalue weighted by Crippen LogP contribution is 2.39. The van der Waals surface area contributed by atoms with Crippen LogP contribution < -0.4 is 4.72 Å². The van der Waals surface area contributed by atoms with E-state index in [2.05, 4.69) is 14.7 Å². The zero-order valence-electron chi connectivity index (χ0n) is 15.1. The number of aromatic nitrogens is 2. The average Bonchev–Trinajstić information content (AvgIpc) is 3.13. The number of nitrogens with one attached hydrogen (secondary N) is 1. The van der Waals surface area contributed by atoms with E-state index in [0.29, 0.717) is 31.7 Å². The van der Waals surface area contributed by atoms with E-state index in [1.165, 1.54) is 6.20 Å². The first-order valence-electron chi connectivity index (χ1n) is 8.81. The molecule has 0 radical (unpaired) electrons. The maximum absolute atomic E-state index is 13.5. The van der Waals surface area contributed by atoms with Gasteiger partial charge in [0.05, 0.1) is 30.8 Å². The molecule has 1 aromatic rings. The van der Waals surface area contributed by atoms with E-state index in [4.69, 9.17) is 4.74 Å². The number of sulfonamides is 1. The van der Waals surface area contributed by atoms with Crippen LogP contribution in [0.25, 0.3) is 0 Å². The van der Waals surface area contributed by atoms with E-state index in [1.54, 1.807) is 18.0 Å². The Balaban J connectivity index is 1.69. The third-order valence-electron chi connectivity index (χ3n) is 5.23. The molecule has 1 saturated carbocycles. The van der Waals surface area contributed by atoms with Crippen molar-refractivity contribution in [3.63, 3.8) is 0 Å². The number of anilines is 1. The minimum absolute atomic E-state index is 0.0627. The van der Waals surface area contributed by atoms with Crippen LogP contribution in [0.2, 0.25) is 0 Å². The van der Waals surface area contributed by atoms with E-state index >= 15 is 0 Å². The van der Waals surface area contributed by atoms with Gasteiger partial charge in [0.1, 0.15) is 0 Å². The quantitative estimate of drug-likeness (QED) is 0.802. The first kappa shape index (κ1) is 19.5. The molecule has 3 rings (SSSR count). The third kappa shape index (κ3) is 4.72. The van der Waals surface area contributed by atoms with Crippen molar-refractivity contribution in [2.24, 2.45) is 0 Å². The number of ether oxygens (including phenoxy) is 1. The lowest BCUT2D eigenvalue weighted by Crippen LogP contribution is -2.45. The average molecular weight is 392 g/mol. The van der Waals surface area contributed by atoms with Gasteiger partial charge in [0.2, 0.25) is 15.9 Å². The van der Waals surface area contributed by atoms with Gasteiger partial charge in [-0.25, -0.2) is 17.2 Å². The van der Waals surface area contributed by atoms with Gasteiger partial charge in [0.25, 0.3) is 0 Å². The molecule has 1 saturated heterocycles. The molecule has 1 N–H and O–H groups in total. The fraction of sp³-hybridized carbons (Fsp3) is 0.812. The van der Waals surface area contributed by atoms with Crippen molar-refractivity contribution in [2.45, 2.75) is 56.2 Å². The van der Waals surface area contributed by atoms with Gasteiger partial charge in [-0.3, -0.25) is 14.3 Å². The molecule has 26 heavy (non-hydrogen) atoms. The van der Waals surface area contributed by atoms with Crippen LogP contribution in [0.1, 0.15) is 38.1 Å². The minimum atomic E-state index is -3.35. The van der Waals surface area contributed by atoms with Crippen LogP contribution in [0.5, 0.6) is 0 Å². The van der Waals surface area contributed by atoms with E-state index in [-0.39, 0.29) is 31.0 Å². The lowest BCUT2D eigenvalue weighted by atomic mass is 9.91. The Labute approximate surface area is 152 Å². The van der Waals surface area contributed by atoms with Gasteiger partial charge in [-0.05, 0) is 19.3 Å². The van der Waals surface area contributed by atoms with Crippen molar-refractivity contribution in [2.75, 3.05) is 31.2 Å². The summed E-state index contributed by atoms with van der Waals surface area (Å²) in [4.78, 5) is 2.27. The second-order valence-corrected chi connectivity index (χ2v) is 9.11. The minimum Gasteiger partial charge on any atom is -0.383 e. The summed E-state index contributed by atoms with van der Waals surface area (Å²) in [5.74, 6) is -2.54. The van der Waals surface area contributed by atoms with E-state index in [9.17, 15) is 17.2 Å². The summed E-state index contributed by atoms with van der Waals surface area (Å²) in [6.07, 6.45) is 5.88. The van der Waals surface area contributed by atoms with Gasteiger partial charge >= 0.3 is 0 Å². The molecule has 1 aliphatic heterocycles. The SMILES string of the molecule is COC[C@@H]1C[C@H](n2cc(NS(C)(=O)=O)cn2)CN1C1CCC(F)(F)CC1. The fourth-order valence-electron chi connectivity index (χ4n) is 4.07. The van der Waals surface area contributed by atoms with Crippen molar-refractivity contribution >= 4 is 15.7 Å². The van der Waals surface area contributed by atoms with Gasteiger partial charge in [-0.1, -0.05) is 0 Å². The molecular formula is C16H26F2N4O3S. The number of hydrogen-bond donors (Lipinski definition) is 1. The van der Waals surface area contributed by atoms with E-state index in [0.717, 1.165) is 12.7 Å². The number of likely N-dealkylation sites (tertiary alicyclic amines) is 1. The van der Waals surface area contributed by atoms with Gasteiger partial charge in [-0.15, -0.1) is 0 Å². The Bertz CT molecular complexity index is 715. The molecule has 2 heterocycles. The monoisotopic (exact) mass is 392 g/mol. The smallest absolute Gasteiger partial charge is 0.248 e. The second-order valence-electron chi connectivity index (χ2n) is 7.37. The molecule has 7 nitrogen and oxygen atoms in total. The second kappa shape index (κ2) is 7.40. The number of hydrogen-bond acceptors (Lipinski definition) is 5. The fourth-order valence-corrected chi connectivity index (χ4v) is 4.61. The lowest BCUT2D eigenvalue weighted by molar-refractivity contribution is -0.0579. The molecule has 0 spiro atoms. The Hall–Kier alpha value is -1.26. The first-order valence-corrected chi connectivity index (χ1v) is 10.7. The highest BCUT2D eigenvalue weighted by atomic mass is 32.2. The predicted octanol–water partition coefficient (Wildman–Crippen LogP) is 2.09. The van der Waals surface area contributed by atoms with Gasteiger partial charge < -0.3 is 4.74 Å². The third-order valence-corrected chi connectivity index (χ3v) is 5.83. The maximum atomic E-state index is 13.5. The van der Waals surface area contributed by atoms with Crippen molar-refractivity contribution in [3.05, 3.63) is 12.4 Å². The van der Waals surface area contributed by atoms with Crippen LogP contribution in [0.15, 0.2) is 12.4 Å². The number of methoxy groups -OCH3 is 1. The van der Waals surface area contributed by atoms with Crippen LogP contribution >= 0.6 is 0 Å². The molecule has 0 unspecified atom stereocenters. The summed E-state index contributed by atoms with van der Waals surface area (Å²) >= 11 is 0. The van der Waals surface area contributed by atoms with Crippen LogP contribution in [0.4, 0.5) is 14.5 Å². The lowest BCUT2D eigenvalue weighted by Gasteiger charge is -2.37. The standard InChI is InChI=1S/C16H26F2N4O3S/c1-25-11-15-7-14(22-9-12(8-19-22)20-26(2,23)24)10-21(15)13-3-5-16(17,18)6-4-13/h8-9,13-15,20H,3-7,10-11H2,1-2H3/t14-,15-/m0/s1.